The Morgan fingerprint density at radius 2 is 0.552 bits per heavy atom. The van der Waals surface area contributed by atoms with Crippen molar-refractivity contribution in [2.75, 3.05) is 0 Å². The first-order valence-electron chi connectivity index (χ1n) is 17.6. The maximum absolute atomic E-state index is 13.8. The van der Waals surface area contributed by atoms with Gasteiger partial charge in [0.25, 0.3) is 0 Å². The first-order valence-corrected chi connectivity index (χ1v) is 17.6. The van der Waals surface area contributed by atoms with Gasteiger partial charge in [0.2, 0.25) is 0 Å². The van der Waals surface area contributed by atoms with E-state index in [2.05, 4.69) is 0 Å². The Labute approximate surface area is 325 Å². The van der Waals surface area contributed by atoms with Crippen molar-refractivity contribution in [3.63, 3.8) is 0 Å². The molecule has 3 rings (SSSR count). The zero-order valence-electron chi connectivity index (χ0n) is 30.2. The van der Waals surface area contributed by atoms with E-state index in [1.807, 2.05) is 0 Å². The van der Waals surface area contributed by atoms with Crippen LogP contribution in [0.2, 0.25) is 0 Å². The number of esters is 4. The molecular formula is C36H38O22. The number of ether oxygens (including phenoxy) is 2. The number of rotatable bonds is 12. The molecule has 3 aliphatic rings. The van der Waals surface area contributed by atoms with E-state index in [1.165, 1.54) is 0 Å². The van der Waals surface area contributed by atoms with Gasteiger partial charge in [-0.05, 0) is 77.0 Å². The van der Waals surface area contributed by atoms with E-state index < -0.39 is 186 Å². The minimum atomic E-state index is -1.99. The van der Waals surface area contributed by atoms with Crippen molar-refractivity contribution in [3.05, 3.63) is 33.4 Å². The second kappa shape index (κ2) is 19.4. The van der Waals surface area contributed by atoms with Gasteiger partial charge < -0.3 is 50.3 Å². The molecule has 0 bridgehead atoms. The molecule has 0 aliphatic heterocycles. The zero-order chi connectivity index (χ0) is 43.8. The lowest BCUT2D eigenvalue weighted by Gasteiger charge is -2.26. The normalized spacial score (nSPS) is 28.3. The van der Waals surface area contributed by atoms with Crippen LogP contribution in [-0.2, 0) is 67.0 Å². The predicted octanol–water partition coefficient (Wildman–Crippen LogP) is 1.11. The van der Waals surface area contributed by atoms with Crippen LogP contribution in [-0.4, -0.2) is 112 Å². The molecule has 0 aromatic carbocycles. The van der Waals surface area contributed by atoms with Crippen LogP contribution in [0.3, 0.4) is 0 Å². The van der Waals surface area contributed by atoms with Crippen molar-refractivity contribution < 1.29 is 108 Å². The van der Waals surface area contributed by atoms with E-state index in [0.29, 0.717) is 0 Å². The largest absolute Gasteiger partial charge is 0.481 e. The fraction of sp³-hybridized carbons (Fsp3) is 0.500. The van der Waals surface area contributed by atoms with E-state index in [9.17, 15) is 98.4 Å². The number of carboxylic acids is 8. The number of aliphatic carboxylic acids is 8. The number of carbonyl (C=O) groups excluding carboxylic acids is 4. The van der Waals surface area contributed by atoms with Gasteiger partial charge in [0.1, 0.15) is 0 Å². The summed E-state index contributed by atoms with van der Waals surface area (Å²) in [5.41, 5.74) is -5.18. The summed E-state index contributed by atoms with van der Waals surface area (Å²) in [5, 5.41) is 77.9. The molecule has 8 N–H and O–H groups in total. The first kappa shape index (κ1) is 45.6. The molecule has 6 atom stereocenters. The van der Waals surface area contributed by atoms with Crippen molar-refractivity contribution in [1.82, 2.24) is 0 Å². The van der Waals surface area contributed by atoms with Crippen molar-refractivity contribution in [1.29, 1.82) is 0 Å². The first-order chi connectivity index (χ1) is 27.1. The fourth-order valence-corrected chi connectivity index (χ4v) is 7.40. The van der Waals surface area contributed by atoms with Gasteiger partial charge in [-0.1, -0.05) is 0 Å². The third-order valence-electron chi connectivity index (χ3n) is 10.4. The number of hydrogen-bond acceptors (Lipinski definition) is 14. The minimum absolute atomic E-state index is 0.270. The molecule has 58 heavy (non-hydrogen) atoms. The van der Waals surface area contributed by atoms with Gasteiger partial charge in [0.05, 0.1) is 35.5 Å². The standard InChI is InChI=1S/C36H38O22/c37-25(38)13-4-1-7-16(22(31(49)50)10-19(13)28(43)44)33(53)57-35(55)18-9-3-6-15(27(41)42)21(30(47)48)12-24(18)36(56)58-34(54)17-8-2-5-14(26(39)40)20(29(45)46)11-23(17)32(51)52/h13-15,19-21H,1-12H2,(H,37,38)(H,39,40)(H,41,42)(H,43,44)(H,45,46)(H,47,48)(H,49,50)(H,51,52)/b22-16-,23-17-,24-18-. The Morgan fingerprint density at radius 1 is 0.328 bits per heavy atom. The second-order valence-corrected chi connectivity index (χ2v) is 13.8. The molecule has 6 unspecified atom stereocenters. The third-order valence-corrected chi connectivity index (χ3v) is 10.4. The Balaban J connectivity index is 2.13. The molecule has 0 aromatic heterocycles. The highest BCUT2D eigenvalue weighted by Crippen LogP contribution is 2.37. The zero-order valence-corrected chi connectivity index (χ0v) is 30.2. The summed E-state index contributed by atoms with van der Waals surface area (Å²) in [4.78, 5) is 150. The lowest BCUT2D eigenvalue weighted by atomic mass is 9.78. The van der Waals surface area contributed by atoms with Crippen molar-refractivity contribution >= 4 is 71.6 Å². The van der Waals surface area contributed by atoms with E-state index in [4.69, 9.17) is 9.47 Å². The van der Waals surface area contributed by atoms with Crippen LogP contribution in [0, 0.1) is 35.5 Å². The smallest absolute Gasteiger partial charge is 0.342 e. The van der Waals surface area contributed by atoms with Gasteiger partial charge >= 0.3 is 71.6 Å². The predicted molar refractivity (Wildman–Crippen MR) is 181 cm³/mol. The second-order valence-electron chi connectivity index (χ2n) is 13.8. The summed E-state index contributed by atoms with van der Waals surface area (Å²) in [6, 6.07) is 0. The topological polar surface area (TPSA) is 385 Å². The molecule has 314 valence electrons. The molecule has 22 nitrogen and oxygen atoms in total. The molecule has 0 fully saturated rings. The Kier molecular flexibility index (Phi) is 15.3. The highest BCUT2D eigenvalue weighted by Gasteiger charge is 2.43. The molecular weight excluding hydrogens is 784 g/mol. The molecule has 22 heteroatoms. The van der Waals surface area contributed by atoms with E-state index in [1.54, 1.807) is 0 Å². The van der Waals surface area contributed by atoms with Gasteiger partial charge in [-0.15, -0.1) is 0 Å². The summed E-state index contributed by atoms with van der Waals surface area (Å²) in [5.74, 6) is -31.1. The SMILES string of the molecule is O=C(O)/C1=C(\C(=O)OC(=O)/C2=C(\C(=O)OC(=O)/C3=C(\C(=O)O)CC(C(=O)O)C(C(=O)O)CCC3)CC(C(=O)O)C(C(=O)O)CCC2)CCCC(C(=O)O)C(C(=O)O)C1. The molecule has 0 amide bonds. The van der Waals surface area contributed by atoms with Crippen LogP contribution in [0.25, 0.3) is 0 Å². The molecule has 3 aliphatic carbocycles. The number of carboxylic acid groups (broad SMARTS) is 8. The molecule has 0 heterocycles. The van der Waals surface area contributed by atoms with Crippen molar-refractivity contribution in [3.8, 4) is 0 Å². The highest BCUT2D eigenvalue weighted by molar-refractivity contribution is 6.11. The van der Waals surface area contributed by atoms with Gasteiger partial charge in [-0.25, -0.2) is 28.8 Å². The van der Waals surface area contributed by atoms with Crippen LogP contribution in [0.5, 0.6) is 0 Å². The van der Waals surface area contributed by atoms with Crippen molar-refractivity contribution in [2.24, 2.45) is 35.5 Å². The minimum Gasteiger partial charge on any atom is -0.481 e. The maximum atomic E-state index is 13.8. The van der Waals surface area contributed by atoms with Gasteiger partial charge in [0, 0.05) is 33.4 Å². The number of carbonyl (C=O) groups is 12. The molecule has 0 saturated carbocycles. The monoisotopic (exact) mass is 822 g/mol. The Hall–Kier alpha value is -6.74. The summed E-state index contributed by atoms with van der Waals surface area (Å²) in [6.45, 7) is 0. The van der Waals surface area contributed by atoms with Crippen LogP contribution < -0.4 is 0 Å². The van der Waals surface area contributed by atoms with Gasteiger partial charge in [-0.3, -0.25) is 28.8 Å². The van der Waals surface area contributed by atoms with Crippen LogP contribution in [0.1, 0.15) is 77.0 Å². The Morgan fingerprint density at radius 3 is 0.793 bits per heavy atom. The molecule has 0 radical (unpaired) electrons. The highest BCUT2D eigenvalue weighted by atomic mass is 16.6. The summed E-state index contributed by atoms with van der Waals surface area (Å²) in [6.07, 6.45) is -6.88. The van der Waals surface area contributed by atoms with Crippen LogP contribution >= 0.6 is 0 Å². The average Bonchev–Trinajstić information content (AvgIpc) is 3.06. The summed E-state index contributed by atoms with van der Waals surface area (Å²) in [7, 11) is 0. The van der Waals surface area contributed by atoms with Gasteiger partial charge in [-0.2, -0.15) is 0 Å². The molecule has 0 aromatic rings. The molecule has 0 spiro atoms. The lowest BCUT2D eigenvalue weighted by Crippen LogP contribution is -2.35. The van der Waals surface area contributed by atoms with Crippen LogP contribution in [0.15, 0.2) is 33.4 Å². The van der Waals surface area contributed by atoms with E-state index in [0.717, 1.165) is 0 Å². The molecule has 0 saturated heterocycles. The van der Waals surface area contributed by atoms with Gasteiger partial charge in [0.15, 0.2) is 0 Å². The Bertz CT molecular complexity index is 1930. The fourth-order valence-electron chi connectivity index (χ4n) is 7.40. The lowest BCUT2D eigenvalue weighted by molar-refractivity contribution is -0.159. The summed E-state index contributed by atoms with van der Waals surface area (Å²) < 4.78 is 9.82. The van der Waals surface area contributed by atoms with E-state index >= 15 is 0 Å². The third kappa shape index (κ3) is 10.8. The number of hydrogen-bond donors (Lipinski definition) is 8. The quantitative estimate of drug-likeness (QED) is 0.101. The van der Waals surface area contributed by atoms with Crippen molar-refractivity contribution in [2.45, 2.75) is 77.0 Å². The maximum Gasteiger partial charge on any atom is 0.342 e. The van der Waals surface area contributed by atoms with Crippen LogP contribution in [0.4, 0.5) is 0 Å². The summed E-state index contributed by atoms with van der Waals surface area (Å²) >= 11 is 0. The average molecular weight is 823 g/mol. The van der Waals surface area contributed by atoms with E-state index in [-0.39, 0.29) is 32.1 Å².